The summed E-state index contributed by atoms with van der Waals surface area (Å²) in [5.41, 5.74) is 1.80. The van der Waals surface area contributed by atoms with E-state index >= 15 is 0 Å². The van der Waals surface area contributed by atoms with Gasteiger partial charge in [-0.25, -0.2) is 0 Å². The second-order valence-electron chi connectivity index (χ2n) is 6.50. The summed E-state index contributed by atoms with van der Waals surface area (Å²) < 4.78 is 46.2. The summed E-state index contributed by atoms with van der Waals surface area (Å²) in [5.74, 6) is -0.466. The van der Waals surface area contributed by atoms with Gasteiger partial charge in [-0.15, -0.1) is 13.2 Å². The number of benzene rings is 3. The Morgan fingerprint density at radius 3 is 2.23 bits per heavy atom. The first-order valence-corrected chi connectivity index (χ1v) is 9.16. The standard InChI is InChI=1S/C23H19F3O4/c24-23(25,26)30-20-8-4-7-19(15-20)29-14-13-16-9-11-18(12-10-16)22(28)21(27)17-5-2-1-3-6-17/h1-12,15,22,28H,13-14H2. The number of alkyl halides is 3. The molecule has 7 heteroatoms. The van der Waals surface area contributed by atoms with Crippen molar-refractivity contribution in [3.05, 3.63) is 95.6 Å². The molecule has 1 unspecified atom stereocenters. The van der Waals surface area contributed by atoms with E-state index in [0.717, 1.165) is 5.56 Å². The smallest absolute Gasteiger partial charge is 0.493 e. The molecule has 0 heterocycles. The number of hydrogen-bond donors (Lipinski definition) is 1. The van der Waals surface area contributed by atoms with Gasteiger partial charge in [0, 0.05) is 18.1 Å². The van der Waals surface area contributed by atoms with E-state index in [0.29, 0.717) is 17.5 Å². The molecule has 3 rings (SSSR count). The maximum atomic E-state index is 12.3. The molecule has 0 aliphatic rings. The highest BCUT2D eigenvalue weighted by Crippen LogP contribution is 2.26. The first-order chi connectivity index (χ1) is 14.3. The fourth-order valence-corrected chi connectivity index (χ4v) is 2.83. The topological polar surface area (TPSA) is 55.8 Å². The van der Waals surface area contributed by atoms with Gasteiger partial charge in [0.05, 0.1) is 6.61 Å². The fourth-order valence-electron chi connectivity index (χ4n) is 2.83. The van der Waals surface area contributed by atoms with Gasteiger partial charge in [-0.3, -0.25) is 4.79 Å². The van der Waals surface area contributed by atoms with Crippen LogP contribution in [0.1, 0.15) is 27.6 Å². The van der Waals surface area contributed by atoms with Gasteiger partial charge in [-0.1, -0.05) is 60.7 Å². The summed E-state index contributed by atoms with van der Waals surface area (Å²) in [7, 11) is 0. The Kier molecular flexibility index (Phi) is 6.74. The third-order valence-corrected chi connectivity index (χ3v) is 4.30. The molecule has 3 aromatic carbocycles. The number of aliphatic hydroxyl groups excluding tert-OH is 1. The summed E-state index contributed by atoms with van der Waals surface area (Å²) in [6.45, 7) is 0.236. The number of carbonyl (C=O) groups is 1. The second kappa shape index (κ2) is 9.45. The fraction of sp³-hybridized carbons (Fsp3) is 0.174. The lowest BCUT2D eigenvalue weighted by Gasteiger charge is -2.12. The normalized spacial score (nSPS) is 12.3. The van der Waals surface area contributed by atoms with Crippen LogP contribution in [-0.2, 0) is 6.42 Å². The molecular formula is C23H19F3O4. The van der Waals surface area contributed by atoms with Crippen LogP contribution in [0.25, 0.3) is 0 Å². The predicted octanol–water partition coefficient (Wildman–Crippen LogP) is 5.12. The lowest BCUT2D eigenvalue weighted by molar-refractivity contribution is -0.274. The van der Waals surface area contributed by atoms with Gasteiger partial charge in [0.2, 0.25) is 0 Å². The molecule has 0 aliphatic heterocycles. The van der Waals surface area contributed by atoms with Crippen molar-refractivity contribution in [1.82, 2.24) is 0 Å². The number of rotatable bonds is 8. The van der Waals surface area contributed by atoms with Crippen molar-refractivity contribution in [2.75, 3.05) is 6.61 Å². The highest BCUT2D eigenvalue weighted by molar-refractivity contribution is 5.99. The molecule has 0 aromatic heterocycles. The van der Waals surface area contributed by atoms with E-state index in [9.17, 15) is 23.1 Å². The van der Waals surface area contributed by atoms with Crippen LogP contribution in [0.15, 0.2) is 78.9 Å². The number of carbonyl (C=O) groups excluding carboxylic acids is 1. The number of Topliss-reactive ketones (excluding diaryl/α,β-unsaturated/α-hetero) is 1. The zero-order valence-corrected chi connectivity index (χ0v) is 15.8. The van der Waals surface area contributed by atoms with E-state index in [1.54, 1.807) is 54.6 Å². The van der Waals surface area contributed by atoms with Crippen LogP contribution in [0.2, 0.25) is 0 Å². The van der Waals surface area contributed by atoms with Crippen molar-refractivity contribution < 1.29 is 32.5 Å². The van der Waals surface area contributed by atoms with Gasteiger partial charge in [0.25, 0.3) is 0 Å². The van der Waals surface area contributed by atoms with E-state index in [1.807, 2.05) is 0 Å². The number of aliphatic hydroxyl groups is 1. The third-order valence-electron chi connectivity index (χ3n) is 4.30. The quantitative estimate of drug-likeness (QED) is 0.518. The SMILES string of the molecule is O=C(c1ccccc1)C(O)c1ccc(CCOc2cccc(OC(F)(F)F)c2)cc1. The first-order valence-electron chi connectivity index (χ1n) is 9.16. The van der Waals surface area contributed by atoms with Gasteiger partial charge in [0.15, 0.2) is 5.78 Å². The molecule has 0 saturated carbocycles. The van der Waals surface area contributed by atoms with Crippen LogP contribution in [0, 0.1) is 0 Å². The Balaban J connectivity index is 1.54. The van der Waals surface area contributed by atoms with Gasteiger partial charge < -0.3 is 14.6 Å². The minimum Gasteiger partial charge on any atom is -0.493 e. The Hall–Kier alpha value is -3.32. The first kappa shape index (κ1) is 21.4. The average molecular weight is 416 g/mol. The minimum atomic E-state index is -4.76. The van der Waals surface area contributed by atoms with Crippen molar-refractivity contribution in [2.24, 2.45) is 0 Å². The molecule has 156 valence electrons. The molecule has 0 radical (unpaired) electrons. The van der Waals surface area contributed by atoms with E-state index in [4.69, 9.17) is 4.74 Å². The Morgan fingerprint density at radius 2 is 1.57 bits per heavy atom. The number of halogens is 3. The Bertz CT molecular complexity index is 970. The van der Waals surface area contributed by atoms with Gasteiger partial charge in [0.1, 0.15) is 17.6 Å². The average Bonchev–Trinajstić information content (AvgIpc) is 2.73. The van der Waals surface area contributed by atoms with Crippen molar-refractivity contribution in [1.29, 1.82) is 0 Å². The molecule has 30 heavy (non-hydrogen) atoms. The van der Waals surface area contributed by atoms with Gasteiger partial charge in [-0.05, 0) is 23.3 Å². The van der Waals surface area contributed by atoms with Gasteiger partial charge in [-0.2, -0.15) is 0 Å². The Morgan fingerprint density at radius 1 is 0.900 bits per heavy atom. The number of ether oxygens (including phenoxy) is 2. The summed E-state index contributed by atoms with van der Waals surface area (Å²) in [4.78, 5) is 12.3. The molecule has 0 bridgehead atoms. The highest BCUT2D eigenvalue weighted by atomic mass is 19.4. The zero-order valence-electron chi connectivity index (χ0n) is 15.8. The van der Waals surface area contributed by atoms with Crippen molar-refractivity contribution in [2.45, 2.75) is 18.9 Å². The molecular weight excluding hydrogens is 397 g/mol. The summed E-state index contributed by atoms with van der Waals surface area (Å²) in [6.07, 6.45) is -5.52. The zero-order chi connectivity index (χ0) is 21.6. The molecule has 0 amide bonds. The van der Waals surface area contributed by atoms with E-state index in [1.165, 1.54) is 24.3 Å². The summed E-state index contributed by atoms with van der Waals surface area (Å²) in [5, 5.41) is 10.3. The molecule has 0 fully saturated rings. The van der Waals surface area contributed by atoms with Crippen molar-refractivity contribution in [3.8, 4) is 11.5 Å². The highest BCUT2D eigenvalue weighted by Gasteiger charge is 2.31. The Labute approximate surface area is 171 Å². The largest absolute Gasteiger partial charge is 0.573 e. The summed E-state index contributed by atoms with van der Waals surface area (Å²) in [6, 6.07) is 20.7. The monoisotopic (exact) mass is 416 g/mol. The maximum absolute atomic E-state index is 12.3. The second-order valence-corrected chi connectivity index (χ2v) is 6.50. The van der Waals surface area contributed by atoms with E-state index in [-0.39, 0.29) is 23.9 Å². The van der Waals surface area contributed by atoms with Crippen molar-refractivity contribution >= 4 is 5.78 Å². The molecule has 1 N–H and O–H groups in total. The number of hydrogen-bond acceptors (Lipinski definition) is 4. The van der Waals surface area contributed by atoms with Gasteiger partial charge >= 0.3 is 6.36 Å². The van der Waals surface area contributed by atoms with Crippen LogP contribution in [0.4, 0.5) is 13.2 Å². The van der Waals surface area contributed by atoms with Crippen molar-refractivity contribution in [3.63, 3.8) is 0 Å². The molecule has 0 saturated heterocycles. The maximum Gasteiger partial charge on any atom is 0.573 e. The minimum absolute atomic E-state index is 0.236. The lowest BCUT2D eigenvalue weighted by atomic mass is 9.98. The predicted molar refractivity (Wildman–Crippen MR) is 104 cm³/mol. The molecule has 0 aliphatic carbocycles. The lowest BCUT2D eigenvalue weighted by Crippen LogP contribution is -2.17. The number of ketones is 1. The van der Waals surface area contributed by atoms with Crippen LogP contribution in [-0.4, -0.2) is 23.9 Å². The van der Waals surface area contributed by atoms with E-state index in [2.05, 4.69) is 4.74 Å². The van der Waals surface area contributed by atoms with Crippen LogP contribution in [0.3, 0.4) is 0 Å². The molecule has 4 nitrogen and oxygen atoms in total. The van der Waals surface area contributed by atoms with Crippen LogP contribution < -0.4 is 9.47 Å². The van der Waals surface area contributed by atoms with Crippen LogP contribution >= 0.6 is 0 Å². The third kappa shape index (κ3) is 6.09. The summed E-state index contributed by atoms with van der Waals surface area (Å²) >= 11 is 0. The van der Waals surface area contributed by atoms with E-state index < -0.39 is 12.5 Å². The molecule has 3 aromatic rings. The molecule has 1 atom stereocenters. The van der Waals surface area contributed by atoms with Crippen LogP contribution in [0.5, 0.6) is 11.5 Å². The molecule has 0 spiro atoms.